The van der Waals surface area contributed by atoms with Gasteiger partial charge in [0.2, 0.25) is 0 Å². The van der Waals surface area contributed by atoms with Crippen molar-refractivity contribution in [2.45, 2.75) is 26.8 Å². The SMILES string of the molecule is CN[C@@H](CP(c1ccccc1)c1ccccc1)C(C)(C)C. The van der Waals surface area contributed by atoms with Gasteiger partial charge in [0.15, 0.2) is 0 Å². The van der Waals surface area contributed by atoms with Gasteiger partial charge in [-0.05, 0) is 37.2 Å². The first-order chi connectivity index (χ1) is 10.0. The zero-order chi connectivity index (χ0) is 15.3. The molecule has 1 N–H and O–H groups in total. The number of rotatable bonds is 5. The van der Waals surface area contributed by atoms with E-state index in [9.17, 15) is 0 Å². The average molecular weight is 299 g/mol. The highest BCUT2D eigenvalue weighted by Crippen LogP contribution is 2.37. The maximum Gasteiger partial charge on any atom is 0.0158 e. The molecule has 0 unspecified atom stereocenters. The highest BCUT2D eigenvalue weighted by Gasteiger charge is 2.27. The predicted octanol–water partition coefficient (Wildman–Crippen LogP) is 3.75. The van der Waals surface area contributed by atoms with E-state index in [0.29, 0.717) is 6.04 Å². The summed E-state index contributed by atoms with van der Waals surface area (Å²) in [5.41, 5.74) is 0.263. The number of benzene rings is 2. The van der Waals surface area contributed by atoms with Crippen LogP contribution in [0.25, 0.3) is 0 Å². The van der Waals surface area contributed by atoms with Gasteiger partial charge in [-0.15, -0.1) is 0 Å². The molecule has 21 heavy (non-hydrogen) atoms. The second kappa shape index (κ2) is 7.20. The van der Waals surface area contributed by atoms with Crippen LogP contribution in [0.3, 0.4) is 0 Å². The Bertz CT molecular complexity index is 491. The highest BCUT2D eigenvalue weighted by atomic mass is 31.1. The predicted molar refractivity (Wildman–Crippen MR) is 96.2 cm³/mol. The molecular formula is C19H26NP. The first-order valence-electron chi connectivity index (χ1n) is 7.57. The molecule has 0 saturated heterocycles. The molecule has 1 atom stereocenters. The summed E-state index contributed by atoms with van der Waals surface area (Å²) in [4.78, 5) is 0. The van der Waals surface area contributed by atoms with Crippen molar-refractivity contribution in [2.24, 2.45) is 5.41 Å². The lowest BCUT2D eigenvalue weighted by molar-refractivity contribution is 0.305. The fraction of sp³-hybridized carbons (Fsp3) is 0.368. The molecule has 2 aromatic carbocycles. The fourth-order valence-electron chi connectivity index (χ4n) is 2.56. The summed E-state index contributed by atoms with van der Waals surface area (Å²) in [5, 5.41) is 6.45. The molecule has 0 saturated carbocycles. The Labute approximate surface area is 130 Å². The summed E-state index contributed by atoms with van der Waals surface area (Å²) in [5.74, 6) is 0. The summed E-state index contributed by atoms with van der Waals surface area (Å²) in [7, 11) is 1.76. The largest absolute Gasteiger partial charge is 0.316 e. The standard InChI is InChI=1S/C19H26NP/c1-19(2,3)18(20-4)15-21(16-11-7-5-8-12-16)17-13-9-6-10-14-17/h5-14,18,20H,15H2,1-4H3/t18-/m0/s1. The summed E-state index contributed by atoms with van der Waals surface area (Å²) >= 11 is 0. The Hall–Kier alpha value is -1.17. The molecule has 0 aliphatic carbocycles. The second-order valence-electron chi connectivity index (χ2n) is 6.49. The smallest absolute Gasteiger partial charge is 0.0158 e. The van der Waals surface area contributed by atoms with Gasteiger partial charge in [-0.2, -0.15) is 0 Å². The van der Waals surface area contributed by atoms with Crippen LogP contribution in [-0.4, -0.2) is 19.3 Å². The molecule has 1 nitrogen and oxygen atoms in total. The van der Waals surface area contributed by atoms with Crippen LogP contribution < -0.4 is 15.9 Å². The average Bonchev–Trinajstić information content (AvgIpc) is 2.49. The van der Waals surface area contributed by atoms with E-state index in [1.165, 1.54) is 16.8 Å². The number of nitrogens with one attached hydrogen (secondary N) is 1. The van der Waals surface area contributed by atoms with E-state index in [-0.39, 0.29) is 13.3 Å². The Morgan fingerprint density at radius 2 is 1.29 bits per heavy atom. The first-order valence-corrected chi connectivity index (χ1v) is 9.10. The van der Waals surface area contributed by atoms with Gasteiger partial charge in [-0.25, -0.2) is 0 Å². The number of hydrogen-bond acceptors (Lipinski definition) is 1. The Morgan fingerprint density at radius 1 is 0.857 bits per heavy atom. The molecule has 0 amide bonds. The molecular weight excluding hydrogens is 273 g/mol. The van der Waals surface area contributed by atoms with Crippen molar-refractivity contribution in [3.8, 4) is 0 Å². The van der Waals surface area contributed by atoms with Crippen LogP contribution in [0.4, 0.5) is 0 Å². The highest BCUT2D eigenvalue weighted by molar-refractivity contribution is 7.73. The van der Waals surface area contributed by atoms with Crippen LogP contribution in [0.1, 0.15) is 20.8 Å². The molecule has 0 radical (unpaired) electrons. The van der Waals surface area contributed by atoms with Gasteiger partial charge >= 0.3 is 0 Å². The van der Waals surface area contributed by atoms with E-state index in [1.54, 1.807) is 0 Å². The molecule has 0 spiro atoms. The van der Waals surface area contributed by atoms with E-state index in [1.807, 2.05) is 0 Å². The van der Waals surface area contributed by atoms with Gasteiger partial charge in [-0.1, -0.05) is 81.4 Å². The fourth-order valence-corrected chi connectivity index (χ4v) is 5.44. The summed E-state index contributed by atoms with van der Waals surface area (Å²) in [6.45, 7) is 6.95. The summed E-state index contributed by atoms with van der Waals surface area (Å²) < 4.78 is 0. The van der Waals surface area contributed by atoms with Crippen molar-refractivity contribution in [3.63, 3.8) is 0 Å². The molecule has 0 bridgehead atoms. The van der Waals surface area contributed by atoms with Crippen molar-refractivity contribution in [1.82, 2.24) is 5.32 Å². The Morgan fingerprint density at radius 3 is 1.62 bits per heavy atom. The van der Waals surface area contributed by atoms with Gasteiger partial charge in [0.05, 0.1) is 0 Å². The minimum absolute atomic E-state index is 0.263. The maximum atomic E-state index is 3.53. The topological polar surface area (TPSA) is 12.0 Å². The lowest BCUT2D eigenvalue weighted by Crippen LogP contribution is -2.42. The minimum atomic E-state index is -0.323. The number of hydrogen-bond donors (Lipinski definition) is 1. The van der Waals surface area contributed by atoms with Crippen molar-refractivity contribution >= 4 is 18.5 Å². The normalized spacial score (nSPS) is 13.4. The zero-order valence-electron chi connectivity index (χ0n) is 13.5. The second-order valence-corrected chi connectivity index (χ2v) is 8.74. The molecule has 0 aliphatic heterocycles. The zero-order valence-corrected chi connectivity index (χ0v) is 14.4. The lowest BCUT2D eigenvalue weighted by atomic mass is 9.88. The minimum Gasteiger partial charge on any atom is -0.316 e. The summed E-state index contributed by atoms with van der Waals surface area (Å²) in [6, 6.07) is 22.4. The molecule has 0 aliphatic rings. The third-order valence-corrected chi connectivity index (χ3v) is 6.47. The van der Waals surface area contributed by atoms with E-state index in [4.69, 9.17) is 0 Å². The van der Waals surface area contributed by atoms with Crippen molar-refractivity contribution in [1.29, 1.82) is 0 Å². The molecule has 0 heterocycles. The van der Waals surface area contributed by atoms with Gasteiger partial charge in [0.1, 0.15) is 0 Å². The van der Waals surface area contributed by atoms with Crippen LogP contribution in [0.15, 0.2) is 60.7 Å². The first kappa shape index (κ1) is 16.2. The molecule has 2 rings (SSSR count). The Kier molecular flexibility index (Phi) is 5.56. The van der Waals surface area contributed by atoms with Gasteiger partial charge in [0.25, 0.3) is 0 Å². The van der Waals surface area contributed by atoms with Gasteiger partial charge in [0, 0.05) is 6.04 Å². The van der Waals surface area contributed by atoms with Crippen LogP contribution in [0, 0.1) is 5.41 Å². The quantitative estimate of drug-likeness (QED) is 0.829. The van der Waals surface area contributed by atoms with E-state index < -0.39 is 0 Å². The lowest BCUT2D eigenvalue weighted by Gasteiger charge is -2.34. The Balaban J connectivity index is 2.33. The maximum absolute atomic E-state index is 3.53. The van der Waals surface area contributed by atoms with Gasteiger partial charge < -0.3 is 5.32 Å². The van der Waals surface area contributed by atoms with Crippen LogP contribution >= 0.6 is 7.92 Å². The van der Waals surface area contributed by atoms with Crippen LogP contribution in [-0.2, 0) is 0 Å². The van der Waals surface area contributed by atoms with E-state index >= 15 is 0 Å². The third-order valence-electron chi connectivity index (χ3n) is 3.89. The van der Waals surface area contributed by atoms with Crippen molar-refractivity contribution < 1.29 is 0 Å². The molecule has 0 aromatic heterocycles. The van der Waals surface area contributed by atoms with Crippen molar-refractivity contribution in [2.75, 3.05) is 13.2 Å². The van der Waals surface area contributed by atoms with Crippen LogP contribution in [0.2, 0.25) is 0 Å². The molecule has 0 fully saturated rings. The monoisotopic (exact) mass is 299 g/mol. The molecule has 2 heteroatoms. The summed E-state index contributed by atoms with van der Waals surface area (Å²) in [6.07, 6.45) is 1.17. The third kappa shape index (κ3) is 4.40. The molecule has 112 valence electrons. The van der Waals surface area contributed by atoms with E-state index in [0.717, 1.165) is 0 Å². The van der Waals surface area contributed by atoms with E-state index in [2.05, 4.69) is 93.8 Å². The molecule has 2 aromatic rings. The van der Waals surface area contributed by atoms with Gasteiger partial charge in [-0.3, -0.25) is 0 Å². The van der Waals surface area contributed by atoms with Crippen LogP contribution in [0.5, 0.6) is 0 Å². The van der Waals surface area contributed by atoms with Crippen molar-refractivity contribution in [3.05, 3.63) is 60.7 Å².